The SMILES string of the molecule is C=CC(=CC)n1ccc(C(CC)N2CCCN(c3cc(C(C)C)cc4cccnc34)CC2)n1. The Kier molecular flexibility index (Phi) is 7.29. The van der Waals surface area contributed by atoms with E-state index in [4.69, 9.17) is 10.1 Å². The number of pyridine rings is 1. The quantitative estimate of drug-likeness (QED) is 0.404. The summed E-state index contributed by atoms with van der Waals surface area (Å²) < 4.78 is 1.93. The lowest BCUT2D eigenvalue weighted by Gasteiger charge is -2.29. The van der Waals surface area contributed by atoms with Gasteiger partial charge in [-0.15, -0.1) is 0 Å². The van der Waals surface area contributed by atoms with Crippen LogP contribution in [0.5, 0.6) is 0 Å². The van der Waals surface area contributed by atoms with Crippen molar-refractivity contribution in [1.82, 2.24) is 19.7 Å². The van der Waals surface area contributed by atoms with Gasteiger partial charge in [-0.2, -0.15) is 5.10 Å². The second-order valence-corrected chi connectivity index (χ2v) is 9.17. The van der Waals surface area contributed by atoms with Crippen LogP contribution in [-0.2, 0) is 0 Å². The molecule has 0 N–H and O–H groups in total. The normalized spacial score (nSPS) is 16.9. The molecule has 1 aliphatic heterocycles. The highest BCUT2D eigenvalue weighted by atomic mass is 15.3. The van der Waals surface area contributed by atoms with E-state index in [0.29, 0.717) is 12.0 Å². The van der Waals surface area contributed by atoms with E-state index in [2.05, 4.69) is 61.4 Å². The summed E-state index contributed by atoms with van der Waals surface area (Å²) in [5, 5.41) is 6.13. The average Bonchev–Trinajstić information content (AvgIpc) is 3.17. The summed E-state index contributed by atoms with van der Waals surface area (Å²) in [5.41, 5.74) is 5.93. The fraction of sp³-hybridized carbons (Fsp3) is 0.429. The van der Waals surface area contributed by atoms with Gasteiger partial charge in [-0.3, -0.25) is 9.88 Å². The number of allylic oxidation sites excluding steroid dienone is 3. The molecule has 1 aliphatic rings. The van der Waals surface area contributed by atoms with Crippen LogP contribution in [0, 0.1) is 0 Å². The summed E-state index contributed by atoms with van der Waals surface area (Å²) >= 11 is 0. The maximum atomic E-state index is 4.89. The molecule has 4 rings (SSSR count). The van der Waals surface area contributed by atoms with Crippen molar-refractivity contribution in [2.24, 2.45) is 0 Å². The van der Waals surface area contributed by atoms with Crippen LogP contribution in [0.1, 0.15) is 63.8 Å². The molecule has 1 unspecified atom stereocenters. The number of hydrogen-bond acceptors (Lipinski definition) is 4. The summed E-state index contributed by atoms with van der Waals surface area (Å²) in [6.07, 6.45) is 10.0. The van der Waals surface area contributed by atoms with Gasteiger partial charge >= 0.3 is 0 Å². The smallest absolute Gasteiger partial charge is 0.0935 e. The number of benzene rings is 1. The van der Waals surface area contributed by atoms with Crippen LogP contribution in [0.15, 0.2) is 61.5 Å². The number of rotatable bonds is 7. The first-order chi connectivity index (χ1) is 16.0. The molecule has 0 bridgehead atoms. The van der Waals surface area contributed by atoms with E-state index in [1.54, 1.807) is 0 Å². The third-order valence-corrected chi connectivity index (χ3v) is 6.79. The molecule has 3 aromatic rings. The molecule has 5 nitrogen and oxygen atoms in total. The maximum absolute atomic E-state index is 4.89. The Morgan fingerprint density at radius 2 is 2.00 bits per heavy atom. The number of aromatic nitrogens is 3. The number of fused-ring (bicyclic) bond motifs is 1. The second-order valence-electron chi connectivity index (χ2n) is 9.17. The van der Waals surface area contributed by atoms with Crippen molar-refractivity contribution in [3.05, 3.63) is 72.7 Å². The molecule has 1 saturated heterocycles. The molecule has 0 saturated carbocycles. The monoisotopic (exact) mass is 443 g/mol. The van der Waals surface area contributed by atoms with Crippen LogP contribution in [0.25, 0.3) is 16.6 Å². The lowest BCUT2D eigenvalue weighted by Crippen LogP contribution is -2.33. The molecule has 0 spiro atoms. The van der Waals surface area contributed by atoms with Crippen LogP contribution in [0.2, 0.25) is 0 Å². The molecule has 1 fully saturated rings. The minimum absolute atomic E-state index is 0.325. The topological polar surface area (TPSA) is 37.2 Å². The third kappa shape index (κ3) is 4.88. The van der Waals surface area contributed by atoms with Crippen LogP contribution >= 0.6 is 0 Å². The van der Waals surface area contributed by atoms with Gasteiger partial charge in [0, 0.05) is 44.0 Å². The van der Waals surface area contributed by atoms with Crippen LogP contribution in [0.4, 0.5) is 5.69 Å². The van der Waals surface area contributed by atoms with E-state index in [9.17, 15) is 0 Å². The van der Waals surface area contributed by atoms with Crippen molar-refractivity contribution in [2.75, 3.05) is 31.1 Å². The average molecular weight is 444 g/mol. The molecule has 2 aromatic heterocycles. The van der Waals surface area contributed by atoms with Gasteiger partial charge in [0.2, 0.25) is 0 Å². The predicted molar refractivity (Wildman–Crippen MR) is 140 cm³/mol. The third-order valence-electron chi connectivity index (χ3n) is 6.79. The summed E-state index contributed by atoms with van der Waals surface area (Å²) in [6.45, 7) is 16.9. The van der Waals surface area contributed by atoms with Crippen molar-refractivity contribution >= 4 is 22.3 Å². The van der Waals surface area contributed by atoms with E-state index >= 15 is 0 Å². The van der Waals surface area contributed by atoms with Gasteiger partial charge in [-0.25, -0.2) is 4.68 Å². The lowest BCUT2D eigenvalue weighted by atomic mass is 9.99. The van der Waals surface area contributed by atoms with E-state index < -0.39 is 0 Å². The lowest BCUT2D eigenvalue weighted by molar-refractivity contribution is 0.201. The Bertz CT molecular complexity index is 1130. The molecule has 1 atom stereocenters. The van der Waals surface area contributed by atoms with Gasteiger partial charge in [-0.05, 0) is 61.6 Å². The molecule has 33 heavy (non-hydrogen) atoms. The predicted octanol–water partition coefficient (Wildman–Crippen LogP) is 6.26. The van der Waals surface area contributed by atoms with Crippen molar-refractivity contribution in [3.63, 3.8) is 0 Å². The van der Waals surface area contributed by atoms with Crippen molar-refractivity contribution in [1.29, 1.82) is 0 Å². The van der Waals surface area contributed by atoms with Gasteiger partial charge in [0.1, 0.15) is 0 Å². The van der Waals surface area contributed by atoms with Gasteiger partial charge in [0.15, 0.2) is 0 Å². The highest BCUT2D eigenvalue weighted by Crippen LogP contribution is 2.32. The van der Waals surface area contributed by atoms with Gasteiger partial charge in [0.05, 0.1) is 28.6 Å². The Labute approximate surface area is 198 Å². The van der Waals surface area contributed by atoms with Crippen molar-refractivity contribution < 1.29 is 0 Å². The van der Waals surface area contributed by atoms with Crippen LogP contribution < -0.4 is 4.90 Å². The fourth-order valence-electron chi connectivity index (χ4n) is 4.92. The standard InChI is InChI=1S/C28H37N5/c1-6-24(7-2)33-16-12-25(30-33)26(8-3)31-14-10-15-32(18-17-31)27-20-23(21(4)5)19-22-11-9-13-29-28(22)27/h6-7,9,11-13,16,19-21,26H,1,8,10,14-15,17-18H2,2-5H3. The number of hydrogen-bond donors (Lipinski definition) is 0. The summed E-state index contributed by atoms with van der Waals surface area (Å²) in [5.74, 6) is 0.494. The molecular formula is C28H37N5. The zero-order valence-electron chi connectivity index (χ0n) is 20.5. The van der Waals surface area contributed by atoms with Crippen LogP contribution in [0.3, 0.4) is 0 Å². The van der Waals surface area contributed by atoms with Gasteiger partial charge in [0.25, 0.3) is 0 Å². The van der Waals surface area contributed by atoms with Crippen molar-refractivity contribution in [2.45, 2.75) is 52.5 Å². The first-order valence-electron chi connectivity index (χ1n) is 12.3. The molecule has 3 heterocycles. The Morgan fingerprint density at radius 3 is 2.73 bits per heavy atom. The minimum Gasteiger partial charge on any atom is -0.368 e. The molecule has 5 heteroatoms. The molecule has 0 amide bonds. The Hall–Kier alpha value is -2.92. The Morgan fingerprint density at radius 1 is 1.15 bits per heavy atom. The molecule has 1 aromatic carbocycles. The summed E-state index contributed by atoms with van der Waals surface area (Å²) in [4.78, 5) is 9.91. The molecule has 0 radical (unpaired) electrons. The van der Waals surface area contributed by atoms with Crippen molar-refractivity contribution in [3.8, 4) is 0 Å². The minimum atomic E-state index is 0.325. The van der Waals surface area contributed by atoms with Gasteiger partial charge < -0.3 is 4.90 Å². The zero-order valence-corrected chi connectivity index (χ0v) is 20.5. The van der Waals surface area contributed by atoms with E-state index in [1.165, 1.54) is 16.6 Å². The second kappa shape index (κ2) is 10.3. The van der Waals surface area contributed by atoms with E-state index in [0.717, 1.165) is 55.9 Å². The van der Waals surface area contributed by atoms with E-state index in [1.807, 2.05) is 42.2 Å². The highest BCUT2D eigenvalue weighted by molar-refractivity contribution is 5.91. The first kappa shape index (κ1) is 23.2. The van der Waals surface area contributed by atoms with Crippen LogP contribution in [-0.4, -0.2) is 45.8 Å². The Balaban J connectivity index is 1.57. The first-order valence-corrected chi connectivity index (χ1v) is 12.3. The number of nitrogens with zero attached hydrogens (tertiary/aromatic N) is 5. The molecule has 0 aliphatic carbocycles. The maximum Gasteiger partial charge on any atom is 0.0935 e. The largest absolute Gasteiger partial charge is 0.368 e. The zero-order chi connectivity index (χ0) is 23.4. The fourth-order valence-corrected chi connectivity index (χ4v) is 4.92. The van der Waals surface area contributed by atoms with Gasteiger partial charge in [-0.1, -0.05) is 39.5 Å². The highest BCUT2D eigenvalue weighted by Gasteiger charge is 2.25. The summed E-state index contributed by atoms with van der Waals surface area (Å²) in [6, 6.07) is 11.4. The molecule has 174 valence electrons. The van der Waals surface area contributed by atoms with E-state index in [-0.39, 0.29) is 0 Å². The number of anilines is 1. The molecular weight excluding hydrogens is 406 g/mol. The summed E-state index contributed by atoms with van der Waals surface area (Å²) in [7, 11) is 0.